The smallest absolute Gasteiger partial charge is 0.343 e. The fourth-order valence-corrected chi connectivity index (χ4v) is 4.75. The number of hydrogen-bond acceptors (Lipinski definition) is 3. The highest BCUT2D eigenvalue weighted by Crippen LogP contribution is 2.48. The van der Waals surface area contributed by atoms with E-state index in [1.165, 1.54) is 16.7 Å². The Hall–Kier alpha value is -3.05. The predicted octanol–water partition coefficient (Wildman–Crippen LogP) is 5.09. The normalized spacial score (nSPS) is 16.4. The highest BCUT2D eigenvalue weighted by molar-refractivity contribution is 8.04. The number of amides is 1. The van der Waals surface area contributed by atoms with Crippen LogP contribution in [-0.2, 0) is 4.79 Å². The molecule has 1 heterocycles. The Labute approximate surface area is 167 Å². The number of fused-ring (bicyclic) bond motifs is 1. The summed E-state index contributed by atoms with van der Waals surface area (Å²) in [7, 11) is 1.66. The molecule has 1 aliphatic rings. The van der Waals surface area contributed by atoms with Crippen molar-refractivity contribution in [2.45, 2.75) is 11.7 Å². The molecule has 0 saturated carbocycles. The number of carbonyl (C=O) groups excluding carboxylic acids is 1. The van der Waals surface area contributed by atoms with E-state index in [0.29, 0.717) is 17.7 Å². The molecule has 0 radical (unpaired) electrons. The summed E-state index contributed by atoms with van der Waals surface area (Å²) in [6, 6.07) is 23.2. The summed E-state index contributed by atoms with van der Waals surface area (Å²) in [5, 5.41) is 11.7. The van der Waals surface area contributed by atoms with Gasteiger partial charge in [0.1, 0.15) is 4.91 Å². The summed E-state index contributed by atoms with van der Waals surface area (Å²) in [6.07, 6.45) is 0.506. The van der Waals surface area contributed by atoms with Gasteiger partial charge in [-0.2, -0.15) is 0 Å². The maximum absolute atomic E-state index is 13.1. The molecule has 1 atom stereocenters. The van der Waals surface area contributed by atoms with E-state index in [9.17, 15) is 14.7 Å². The average molecular weight is 389 g/mol. The Morgan fingerprint density at radius 3 is 2.36 bits per heavy atom. The molecular weight excluding hydrogens is 370 g/mol. The van der Waals surface area contributed by atoms with Crippen LogP contribution >= 0.6 is 11.8 Å². The molecule has 1 aliphatic heterocycles. The quantitative estimate of drug-likeness (QED) is 0.676. The molecule has 0 bridgehead atoms. The number of allylic oxidation sites excluding steroid dienone is 1. The van der Waals surface area contributed by atoms with Crippen LogP contribution in [0.15, 0.2) is 83.4 Å². The molecule has 1 N–H and O–H groups in total. The lowest BCUT2D eigenvalue weighted by Gasteiger charge is -2.20. The van der Waals surface area contributed by atoms with Crippen molar-refractivity contribution in [3.63, 3.8) is 0 Å². The summed E-state index contributed by atoms with van der Waals surface area (Å²) in [6.45, 7) is 0. The first-order chi connectivity index (χ1) is 13.5. The lowest BCUT2D eigenvalue weighted by Crippen LogP contribution is -2.27. The van der Waals surface area contributed by atoms with Crippen molar-refractivity contribution >= 4 is 34.4 Å². The number of carbonyl (C=O) groups is 2. The molecule has 3 aromatic rings. The first kappa shape index (κ1) is 18.3. The second-order valence-corrected chi connectivity index (χ2v) is 7.94. The van der Waals surface area contributed by atoms with Gasteiger partial charge in [0.25, 0.3) is 5.91 Å². The van der Waals surface area contributed by atoms with E-state index in [-0.39, 0.29) is 16.1 Å². The molecule has 0 spiro atoms. The van der Waals surface area contributed by atoms with Crippen LogP contribution in [0.25, 0.3) is 10.8 Å². The van der Waals surface area contributed by atoms with Crippen molar-refractivity contribution in [3.05, 3.63) is 94.5 Å². The van der Waals surface area contributed by atoms with E-state index in [0.717, 1.165) is 16.3 Å². The second kappa shape index (κ2) is 7.52. The summed E-state index contributed by atoms with van der Waals surface area (Å²) in [5.41, 5.74) is 2.17. The van der Waals surface area contributed by atoms with Gasteiger partial charge in [0.2, 0.25) is 0 Å². The number of carboxylic acids is 1. The molecule has 0 aliphatic carbocycles. The van der Waals surface area contributed by atoms with Gasteiger partial charge in [-0.25, -0.2) is 4.79 Å². The van der Waals surface area contributed by atoms with E-state index < -0.39 is 5.97 Å². The average Bonchev–Trinajstić information content (AvgIpc) is 3.19. The minimum absolute atomic E-state index is 0.00541. The third kappa shape index (κ3) is 3.41. The molecule has 0 fully saturated rings. The van der Waals surface area contributed by atoms with E-state index in [2.05, 4.69) is 0 Å². The van der Waals surface area contributed by atoms with Crippen molar-refractivity contribution in [2.75, 3.05) is 7.05 Å². The molecule has 1 unspecified atom stereocenters. The number of benzene rings is 3. The number of nitrogens with zero attached hydrogens (tertiary/aromatic N) is 1. The van der Waals surface area contributed by atoms with Crippen molar-refractivity contribution in [1.29, 1.82) is 0 Å². The van der Waals surface area contributed by atoms with Crippen LogP contribution in [0.1, 0.15) is 27.6 Å². The number of aliphatic carboxylic acids is 1. The molecular formula is C23H19NO3S. The molecule has 1 amide bonds. The molecule has 0 aromatic heterocycles. The minimum Gasteiger partial charge on any atom is -0.477 e. The molecule has 0 saturated heterocycles. The Kier molecular flexibility index (Phi) is 4.92. The van der Waals surface area contributed by atoms with Crippen LogP contribution in [0, 0.1) is 0 Å². The van der Waals surface area contributed by atoms with Gasteiger partial charge < -0.3 is 10.0 Å². The lowest BCUT2D eigenvalue weighted by molar-refractivity contribution is -0.131. The number of thioether (sulfide) groups is 1. The topological polar surface area (TPSA) is 57.6 Å². The molecule has 4 nitrogen and oxygen atoms in total. The summed E-state index contributed by atoms with van der Waals surface area (Å²) < 4.78 is 0. The highest BCUT2D eigenvalue weighted by atomic mass is 32.2. The number of rotatable bonds is 4. The monoisotopic (exact) mass is 389 g/mol. The van der Waals surface area contributed by atoms with Gasteiger partial charge >= 0.3 is 5.97 Å². The van der Waals surface area contributed by atoms with Crippen molar-refractivity contribution in [2.24, 2.45) is 0 Å². The Morgan fingerprint density at radius 2 is 1.64 bits per heavy atom. The maximum atomic E-state index is 13.1. The fraction of sp³-hybridized carbons (Fsp3) is 0.130. The minimum atomic E-state index is -0.989. The largest absolute Gasteiger partial charge is 0.477 e. The van der Waals surface area contributed by atoms with E-state index in [4.69, 9.17) is 0 Å². The van der Waals surface area contributed by atoms with Gasteiger partial charge in [-0.3, -0.25) is 4.79 Å². The van der Waals surface area contributed by atoms with Crippen molar-refractivity contribution < 1.29 is 14.7 Å². The fourth-order valence-electron chi connectivity index (χ4n) is 3.48. The zero-order valence-electron chi connectivity index (χ0n) is 15.3. The van der Waals surface area contributed by atoms with Crippen LogP contribution in [0.2, 0.25) is 0 Å². The Bertz CT molecular complexity index is 1090. The Morgan fingerprint density at radius 1 is 0.964 bits per heavy atom. The van der Waals surface area contributed by atoms with Gasteiger partial charge in [-0.1, -0.05) is 60.7 Å². The summed E-state index contributed by atoms with van der Waals surface area (Å²) >= 11 is 1.31. The van der Waals surface area contributed by atoms with E-state index >= 15 is 0 Å². The molecule has 5 heteroatoms. The number of carboxylic acid groups (broad SMARTS) is 1. The third-order valence-electron chi connectivity index (χ3n) is 4.97. The van der Waals surface area contributed by atoms with Gasteiger partial charge in [0, 0.05) is 30.0 Å². The molecule has 4 rings (SSSR count). The van der Waals surface area contributed by atoms with Gasteiger partial charge in [-0.15, -0.1) is 11.8 Å². The molecule has 28 heavy (non-hydrogen) atoms. The first-order valence-corrected chi connectivity index (χ1v) is 9.87. The van der Waals surface area contributed by atoms with Crippen LogP contribution in [-0.4, -0.2) is 28.9 Å². The van der Waals surface area contributed by atoms with Crippen LogP contribution < -0.4 is 0 Å². The van der Waals surface area contributed by atoms with Crippen LogP contribution in [0.5, 0.6) is 0 Å². The van der Waals surface area contributed by atoms with Gasteiger partial charge in [-0.05, 0) is 28.5 Å². The van der Waals surface area contributed by atoms with Gasteiger partial charge in [0.05, 0.1) is 0 Å². The SMILES string of the molecule is CN(C(=O)c1ccc2ccccc2c1)C1=C(C(=O)O)SC(c2ccccc2)C1. The predicted molar refractivity (Wildman–Crippen MR) is 112 cm³/mol. The zero-order valence-corrected chi connectivity index (χ0v) is 16.1. The van der Waals surface area contributed by atoms with Gasteiger partial charge in [0.15, 0.2) is 0 Å². The standard InChI is InChI=1S/C23H19NO3S/c1-24(22(25)18-12-11-15-7-5-6-10-17(15)13-18)19-14-20(28-21(19)23(26)27)16-8-3-2-4-9-16/h2-13,20H,14H2,1H3,(H,26,27). The molecule has 140 valence electrons. The number of hydrogen-bond donors (Lipinski definition) is 1. The van der Waals surface area contributed by atoms with Crippen LogP contribution in [0.3, 0.4) is 0 Å². The van der Waals surface area contributed by atoms with Crippen molar-refractivity contribution in [3.8, 4) is 0 Å². The van der Waals surface area contributed by atoms with Crippen LogP contribution in [0.4, 0.5) is 0 Å². The zero-order chi connectivity index (χ0) is 19.7. The summed E-state index contributed by atoms with van der Waals surface area (Å²) in [5.74, 6) is -1.19. The highest BCUT2D eigenvalue weighted by Gasteiger charge is 2.34. The van der Waals surface area contributed by atoms with Crippen molar-refractivity contribution in [1.82, 2.24) is 4.90 Å². The Balaban J connectivity index is 1.64. The third-order valence-corrected chi connectivity index (χ3v) is 6.34. The lowest BCUT2D eigenvalue weighted by atomic mass is 10.0. The van der Waals surface area contributed by atoms with E-state index in [1.807, 2.05) is 66.7 Å². The summed E-state index contributed by atoms with van der Waals surface area (Å²) in [4.78, 5) is 26.6. The molecule has 3 aromatic carbocycles. The van der Waals surface area contributed by atoms with E-state index in [1.54, 1.807) is 13.1 Å². The second-order valence-electron chi connectivity index (χ2n) is 6.73. The maximum Gasteiger partial charge on any atom is 0.343 e. The first-order valence-electron chi connectivity index (χ1n) is 8.99.